The van der Waals surface area contributed by atoms with Gasteiger partial charge in [0.1, 0.15) is 0 Å². The largest absolute Gasteiger partial charge is 0.479 e. The Bertz CT molecular complexity index is 276. The predicted octanol–water partition coefficient (Wildman–Crippen LogP) is 1.57. The van der Waals surface area contributed by atoms with Crippen LogP contribution < -0.4 is 0 Å². The second kappa shape index (κ2) is 2.42. The summed E-state index contributed by atoms with van der Waals surface area (Å²) in [6, 6.07) is 0. The summed E-state index contributed by atoms with van der Waals surface area (Å²) in [6.45, 7) is -0.511. The van der Waals surface area contributed by atoms with Crippen LogP contribution in [0.4, 0.5) is 13.2 Å². The van der Waals surface area contributed by atoms with E-state index in [4.69, 9.17) is 9.84 Å². The highest BCUT2D eigenvalue weighted by molar-refractivity contribution is 5.78. The molecule has 0 aromatic rings. The second-order valence-electron chi connectivity index (χ2n) is 4.04. The Kier molecular flexibility index (Phi) is 1.69. The van der Waals surface area contributed by atoms with Gasteiger partial charge in [0, 0.05) is 6.42 Å². The molecule has 0 radical (unpaired) electrons. The van der Waals surface area contributed by atoms with Crippen LogP contribution in [0.5, 0.6) is 0 Å². The van der Waals surface area contributed by atoms with E-state index in [0.29, 0.717) is 0 Å². The van der Waals surface area contributed by atoms with Gasteiger partial charge in [0.15, 0.2) is 5.60 Å². The topological polar surface area (TPSA) is 46.5 Å². The van der Waals surface area contributed by atoms with Crippen molar-refractivity contribution in [3.8, 4) is 0 Å². The summed E-state index contributed by atoms with van der Waals surface area (Å²) in [7, 11) is 0. The minimum Gasteiger partial charge on any atom is -0.479 e. The van der Waals surface area contributed by atoms with Crippen molar-refractivity contribution in [1.29, 1.82) is 0 Å². The van der Waals surface area contributed by atoms with Gasteiger partial charge in [0.05, 0.1) is 12.0 Å². The molecule has 0 aromatic carbocycles. The van der Waals surface area contributed by atoms with E-state index in [9.17, 15) is 18.0 Å². The smallest absolute Gasteiger partial charge is 0.396 e. The number of hydrogen-bond donors (Lipinski definition) is 1. The molecule has 2 fully saturated rings. The first kappa shape index (κ1) is 9.76. The Hall–Kier alpha value is -0.780. The van der Waals surface area contributed by atoms with Crippen LogP contribution in [0, 0.1) is 5.41 Å². The Morgan fingerprint density at radius 1 is 1.36 bits per heavy atom. The van der Waals surface area contributed by atoms with E-state index in [-0.39, 0.29) is 12.8 Å². The monoisotopic (exact) mass is 210 g/mol. The van der Waals surface area contributed by atoms with Gasteiger partial charge in [-0.05, 0) is 12.8 Å². The molecule has 1 N–H and O–H groups in total. The quantitative estimate of drug-likeness (QED) is 0.714. The molecule has 2 aliphatic rings. The minimum atomic E-state index is -4.36. The van der Waals surface area contributed by atoms with Crippen molar-refractivity contribution >= 4 is 5.97 Å². The molecule has 80 valence electrons. The summed E-state index contributed by atoms with van der Waals surface area (Å²) >= 11 is 0. The van der Waals surface area contributed by atoms with Gasteiger partial charge in [-0.15, -0.1) is 0 Å². The first-order valence-corrected chi connectivity index (χ1v) is 4.26. The molecule has 0 amide bonds. The van der Waals surface area contributed by atoms with E-state index in [1.165, 1.54) is 0 Å². The fraction of sp³-hybridized carbons (Fsp3) is 0.875. The lowest BCUT2D eigenvalue weighted by Gasteiger charge is -2.28. The van der Waals surface area contributed by atoms with Gasteiger partial charge < -0.3 is 9.84 Å². The van der Waals surface area contributed by atoms with Gasteiger partial charge >= 0.3 is 12.1 Å². The van der Waals surface area contributed by atoms with E-state index >= 15 is 0 Å². The first-order valence-electron chi connectivity index (χ1n) is 4.26. The molecule has 0 spiro atoms. The van der Waals surface area contributed by atoms with Gasteiger partial charge in [-0.2, -0.15) is 13.2 Å². The van der Waals surface area contributed by atoms with Crippen molar-refractivity contribution in [1.82, 2.24) is 0 Å². The van der Waals surface area contributed by atoms with Crippen LogP contribution in [0.3, 0.4) is 0 Å². The van der Waals surface area contributed by atoms with Crippen LogP contribution in [0.25, 0.3) is 0 Å². The van der Waals surface area contributed by atoms with E-state index < -0.39 is 36.2 Å². The molecule has 1 saturated carbocycles. The molecule has 0 aromatic heterocycles. The number of halogens is 3. The van der Waals surface area contributed by atoms with Gasteiger partial charge in [-0.3, -0.25) is 0 Å². The van der Waals surface area contributed by atoms with E-state index in [1.54, 1.807) is 0 Å². The van der Waals surface area contributed by atoms with Crippen LogP contribution in [0.2, 0.25) is 0 Å². The number of aliphatic carboxylic acids is 1. The number of carboxylic acid groups (broad SMARTS) is 1. The Morgan fingerprint density at radius 2 is 2.00 bits per heavy atom. The maximum Gasteiger partial charge on any atom is 0.396 e. The fourth-order valence-corrected chi connectivity index (χ4v) is 2.26. The van der Waals surface area contributed by atoms with Crippen molar-refractivity contribution in [3.05, 3.63) is 0 Å². The third-order valence-electron chi connectivity index (χ3n) is 3.25. The second-order valence-corrected chi connectivity index (χ2v) is 4.04. The van der Waals surface area contributed by atoms with E-state index in [1.807, 2.05) is 0 Å². The maximum absolute atomic E-state index is 12.6. The first-order chi connectivity index (χ1) is 6.31. The molecular formula is C8H9F3O3. The van der Waals surface area contributed by atoms with Crippen LogP contribution in [0.15, 0.2) is 0 Å². The SMILES string of the molecule is O=C(O)C12CCC(C(F)(F)F)(CO1)C2. The Labute approximate surface area is 77.8 Å². The van der Waals surface area contributed by atoms with Gasteiger partial charge in [-0.25, -0.2) is 4.79 Å². The molecule has 3 nitrogen and oxygen atoms in total. The normalized spacial score (nSPS) is 41.6. The molecule has 1 aliphatic carbocycles. The van der Waals surface area contributed by atoms with Crippen LogP contribution in [-0.4, -0.2) is 29.5 Å². The standard InChI is InChI=1S/C8H9F3O3/c9-8(10,11)6-1-2-7(3-6,5(12)13)14-4-6/h1-4H2,(H,12,13). The predicted molar refractivity (Wildman–Crippen MR) is 38.7 cm³/mol. The maximum atomic E-state index is 12.6. The fourth-order valence-electron chi connectivity index (χ4n) is 2.26. The summed E-state index contributed by atoms with van der Waals surface area (Å²) in [4.78, 5) is 10.8. The highest BCUT2D eigenvalue weighted by Gasteiger charge is 2.70. The van der Waals surface area contributed by atoms with Gasteiger partial charge in [0.25, 0.3) is 0 Å². The summed E-state index contributed by atoms with van der Waals surface area (Å²) in [5, 5.41) is 8.78. The zero-order chi connectivity index (χ0) is 10.6. The van der Waals surface area contributed by atoms with Gasteiger partial charge in [0.2, 0.25) is 0 Å². The molecule has 2 rings (SSSR count). The summed E-state index contributed by atoms with van der Waals surface area (Å²) in [5.41, 5.74) is -3.49. The molecule has 14 heavy (non-hydrogen) atoms. The lowest BCUT2D eigenvalue weighted by atomic mass is 9.87. The highest BCUT2D eigenvalue weighted by Crippen LogP contribution is 2.60. The summed E-state index contributed by atoms with van der Waals surface area (Å²) < 4.78 is 42.6. The average Bonchev–Trinajstić information content (AvgIpc) is 2.59. The number of ether oxygens (including phenoxy) is 1. The third kappa shape index (κ3) is 1.00. The molecule has 1 heterocycles. The molecular weight excluding hydrogens is 201 g/mol. The number of carbonyl (C=O) groups is 1. The summed E-state index contributed by atoms with van der Waals surface area (Å²) in [5.74, 6) is -1.28. The lowest BCUT2D eigenvalue weighted by molar-refractivity contribution is -0.227. The molecule has 2 bridgehead atoms. The number of fused-ring (bicyclic) bond motifs is 2. The number of rotatable bonds is 1. The Morgan fingerprint density at radius 3 is 2.21 bits per heavy atom. The zero-order valence-corrected chi connectivity index (χ0v) is 7.23. The van der Waals surface area contributed by atoms with Crippen molar-refractivity contribution in [2.75, 3.05) is 6.61 Å². The van der Waals surface area contributed by atoms with E-state index in [0.717, 1.165) is 0 Å². The van der Waals surface area contributed by atoms with Crippen molar-refractivity contribution in [2.24, 2.45) is 5.41 Å². The zero-order valence-electron chi connectivity index (χ0n) is 7.23. The van der Waals surface area contributed by atoms with Crippen molar-refractivity contribution in [3.63, 3.8) is 0 Å². The number of hydrogen-bond acceptors (Lipinski definition) is 2. The van der Waals surface area contributed by atoms with Crippen molar-refractivity contribution in [2.45, 2.75) is 31.0 Å². The average molecular weight is 210 g/mol. The van der Waals surface area contributed by atoms with E-state index in [2.05, 4.69) is 0 Å². The molecule has 2 unspecified atom stereocenters. The number of alkyl halides is 3. The number of carboxylic acids is 1. The van der Waals surface area contributed by atoms with Crippen LogP contribution in [-0.2, 0) is 9.53 Å². The van der Waals surface area contributed by atoms with Gasteiger partial charge in [-0.1, -0.05) is 0 Å². The van der Waals surface area contributed by atoms with Crippen LogP contribution in [0.1, 0.15) is 19.3 Å². The molecule has 1 saturated heterocycles. The molecule has 1 aliphatic heterocycles. The molecule has 6 heteroatoms. The highest BCUT2D eigenvalue weighted by atomic mass is 19.4. The van der Waals surface area contributed by atoms with Crippen molar-refractivity contribution < 1.29 is 27.8 Å². The third-order valence-corrected chi connectivity index (χ3v) is 3.25. The lowest BCUT2D eigenvalue weighted by Crippen LogP contribution is -2.38. The summed E-state index contributed by atoms with van der Waals surface area (Å²) in [6.07, 6.45) is -4.97. The molecule has 2 atom stereocenters. The Balaban J connectivity index is 2.29. The van der Waals surface area contributed by atoms with Crippen LogP contribution >= 0.6 is 0 Å². The minimum absolute atomic E-state index is 0.0398.